The summed E-state index contributed by atoms with van der Waals surface area (Å²) < 4.78 is 88.2. The summed E-state index contributed by atoms with van der Waals surface area (Å²) in [5.41, 5.74) is 5.01. The third-order valence-electron chi connectivity index (χ3n) is 10.7. The number of hydrogen-bond donors (Lipinski definition) is 2. The minimum absolute atomic E-state index is 0.00967. The van der Waals surface area contributed by atoms with E-state index in [1.807, 2.05) is 11.0 Å². The largest absolute Gasteiger partial charge is 0.489 e. The van der Waals surface area contributed by atoms with Crippen molar-refractivity contribution in [3.63, 3.8) is 0 Å². The van der Waals surface area contributed by atoms with Gasteiger partial charge in [0.15, 0.2) is 11.6 Å². The van der Waals surface area contributed by atoms with Gasteiger partial charge in [-0.15, -0.1) is 11.3 Å². The summed E-state index contributed by atoms with van der Waals surface area (Å²) in [6.45, 7) is 1.55. The molecule has 6 heterocycles. The summed E-state index contributed by atoms with van der Waals surface area (Å²) in [5.74, 6) is -1.78. The van der Waals surface area contributed by atoms with Crippen LogP contribution in [0.15, 0.2) is 12.1 Å². The van der Waals surface area contributed by atoms with Crippen LogP contribution in [-0.4, -0.2) is 85.0 Å². The standard InChI is InChI=1S/C34H33ClF5N7O2S/c35-26-24(18-4-5-20(37)30-23(18)19(10-41)31(42)50-30)27(40)28-25-29(26)48-14-21(16-3-1-7-43-11-16)47(13-22(38)39)32(25)45-33(44-28)49-15-34-6-2-8-46(34)12-17(36)9-34/h4-5,16-17,21-22,43H,1-3,6-9,11-15,42H2/t16?,17-,21?,34+/m1/s1. The summed E-state index contributed by atoms with van der Waals surface area (Å²) in [6, 6.07) is 3.56. The summed E-state index contributed by atoms with van der Waals surface area (Å²) >= 11 is 7.87. The average Bonchev–Trinajstić information content (AvgIpc) is 3.71. The number of nitrogens with one attached hydrogen (secondary N) is 1. The van der Waals surface area contributed by atoms with Crippen molar-refractivity contribution in [2.45, 2.75) is 56.3 Å². The highest BCUT2D eigenvalue weighted by Gasteiger charge is 2.49. The molecule has 4 atom stereocenters. The minimum atomic E-state index is -2.78. The van der Waals surface area contributed by atoms with E-state index < -0.39 is 42.4 Å². The molecule has 50 heavy (non-hydrogen) atoms. The first kappa shape index (κ1) is 33.4. The number of piperidine rings is 1. The summed E-state index contributed by atoms with van der Waals surface area (Å²) in [7, 11) is 0. The molecule has 0 radical (unpaired) electrons. The highest BCUT2D eigenvalue weighted by Crippen LogP contribution is 2.51. The molecule has 9 nitrogen and oxygen atoms in total. The average molecular weight is 734 g/mol. The van der Waals surface area contributed by atoms with E-state index in [0.29, 0.717) is 19.5 Å². The predicted molar refractivity (Wildman–Crippen MR) is 181 cm³/mol. The Hall–Kier alpha value is -3.71. The number of benzene rings is 2. The van der Waals surface area contributed by atoms with Crippen molar-refractivity contribution >= 4 is 54.7 Å². The van der Waals surface area contributed by atoms with Gasteiger partial charge in [0, 0.05) is 30.5 Å². The van der Waals surface area contributed by atoms with Gasteiger partial charge in [0.1, 0.15) is 47.6 Å². The van der Waals surface area contributed by atoms with Crippen LogP contribution in [0.5, 0.6) is 11.8 Å². The zero-order chi connectivity index (χ0) is 34.9. The van der Waals surface area contributed by atoms with E-state index in [1.54, 1.807) is 0 Å². The van der Waals surface area contributed by atoms with E-state index in [9.17, 15) is 18.4 Å². The van der Waals surface area contributed by atoms with Crippen molar-refractivity contribution in [2.24, 2.45) is 5.92 Å². The lowest BCUT2D eigenvalue weighted by atomic mass is 9.91. The summed E-state index contributed by atoms with van der Waals surface area (Å²) in [5, 5.41) is 13.2. The highest BCUT2D eigenvalue weighted by molar-refractivity contribution is 7.23. The van der Waals surface area contributed by atoms with Crippen molar-refractivity contribution in [1.82, 2.24) is 20.2 Å². The number of nitriles is 1. The number of rotatable bonds is 7. The number of alkyl halides is 3. The smallest absolute Gasteiger partial charge is 0.319 e. The van der Waals surface area contributed by atoms with Crippen LogP contribution in [-0.2, 0) is 0 Å². The van der Waals surface area contributed by atoms with Crippen LogP contribution in [0.1, 0.15) is 37.7 Å². The van der Waals surface area contributed by atoms with Crippen molar-refractivity contribution in [2.75, 3.05) is 56.6 Å². The van der Waals surface area contributed by atoms with Crippen LogP contribution in [0.2, 0.25) is 5.02 Å². The minimum Gasteiger partial charge on any atom is -0.489 e. The van der Waals surface area contributed by atoms with E-state index in [1.165, 1.54) is 11.0 Å². The molecule has 2 aromatic carbocycles. The zero-order valence-electron chi connectivity index (χ0n) is 26.8. The topological polar surface area (TPSA) is 113 Å². The van der Waals surface area contributed by atoms with Crippen LogP contribution < -0.4 is 25.4 Å². The number of nitrogen functional groups attached to an aromatic ring is 1. The van der Waals surface area contributed by atoms with Gasteiger partial charge in [0.2, 0.25) is 0 Å². The van der Waals surface area contributed by atoms with Gasteiger partial charge in [-0.25, -0.2) is 22.0 Å². The molecule has 0 spiro atoms. The van der Waals surface area contributed by atoms with Crippen LogP contribution in [0.25, 0.3) is 32.1 Å². The second kappa shape index (κ2) is 12.8. The Morgan fingerprint density at radius 1 is 1.24 bits per heavy atom. The Labute approximate surface area is 293 Å². The van der Waals surface area contributed by atoms with Gasteiger partial charge < -0.3 is 25.4 Å². The third-order valence-corrected chi connectivity index (χ3v) is 12.0. The number of ether oxygens (including phenoxy) is 2. The lowest BCUT2D eigenvalue weighted by molar-refractivity contribution is 0.107. The van der Waals surface area contributed by atoms with Crippen molar-refractivity contribution in [3.8, 4) is 29.0 Å². The molecular weight excluding hydrogens is 701 g/mol. The molecule has 4 aromatic rings. The molecule has 0 aliphatic carbocycles. The molecule has 264 valence electrons. The number of nitrogens with zero attached hydrogens (tertiary/aromatic N) is 5. The normalized spacial score (nSPS) is 25.2. The molecule has 16 heteroatoms. The summed E-state index contributed by atoms with van der Waals surface area (Å²) in [4.78, 5) is 12.6. The molecule has 0 bridgehead atoms. The van der Waals surface area contributed by atoms with Gasteiger partial charge in [-0.3, -0.25) is 4.90 Å². The molecule has 3 saturated heterocycles. The Balaban J connectivity index is 1.35. The fourth-order valence-electron chi connectivity index (χ4n) is 8.42. The van der Waals surface area contributed by atoms with Crippen molar-refractivity contribution in [3.05, 3.63) is 34.4 Å². The maximum Gasteiger partial charge on any atom is 0.319 e. The molecule has 4 aliphatic heterocycles. The number of hydrogen-bond acceptors (Lipinski definition) is 10. The number of nitrogens with two attached hydrogens (primary N) is 1. The van der Waals surface area contributed by atoms with E-state index in [-0.39, 0.29) is 97.4 Å². The second-order valence-electron chi connectivity index (χ2n) is 13.5. The Morgan fingerprint density at radius 2 is 2.08 bits per heavy atom. The maximum absolute atomic E-state index is 17.2. The summed E-state index contributed by atoms with van der Waals surface area (Å²) in [6.07, 6.45) is -0.430. The van der Waals surface area contributed by atoms with Gasteiger partial charge >= 0.3 is 6.01 Å². The van der Waals surface area contributed by atoms with Crippen LogP contribution in [0, 0.1) is 28.9 Å². The molecule has 3 fully saturated rings. The first-order chi connectivity index (χ1) is 24.1. The van der Waals surface area contributed by atoms with Gasteiger partial charge in [-0.1, -0.05) is 17.7 Å². The molecular formula is C34H33ClF5N7O2S. The van der Waals surface area contributed by atoms with E-state index in [4.69, 9.17) is 26.8 Å². The monoisotopic (exact) mass is 733 g/mol. The number of thiophene rings is 1. The lowest BCUT2D eigenvalue weighted by Crippen LogP contribution is -2.51. The molecule has 4 aliphatic rings. The first-order valence-electron chi connectivity index (χ1n) is 16.6. The highest BCUT2D eigenvalue weighted by atomic mass is 35.5. The Morgan fingerprint density at radius 3 is 2.84 bits per heavy atom. The van der Waals surface area contributed by atoms with Crippen molar-refractivity contribution < 1.29 is 31.4 Å². The molecule has 8 rings (SSSR count). The van der Waals surface area contributed by atoms with Gasteiger partial charge in [-0.05, 0) is 56.3 Å². The molecule has 2 aromatic heterocycles. The quantitative estimate of drug-likeness (QED) is 0.201. The number of fused-ring (bicyclic) bond motifs is 2. The van der Waals surface area contributed by atoms with Crippen LogP contribution >= 0.6 is 22.9 Å². The number of anilines is 2. The third kappa shape index (κ3) is 5.37. The fourth-order valence-corrected chi connectivity index (χ4v) is 9.70. The van der Waals surface area contributed by atoms with Gasteiger partial charge in [-0.2, -0.15) is 15.2 Å². The van der Waals surface area contributed by atoms with Gasteiger partial charge in [0.05, 0.1) is 38.8 Å². The first-order valence-corrected chi connectivity index (χ1v) is 17.8. The van der Waals surface area contributed by atoms with E-state index in [2.05, 4.69) is 15.3 Å². The second-order valence-corrected chi connectivity index (χ2v) is 15.0. The number of halogens is 6. The van der Waals surface area contributed by atoms with Crippen LogP contribution in [0.3, 0.4) is 0 Å². The molecule has 2 unspecified atom stereocenters. The molecule has 0 saturated carbocycles. The molecule has 0 amide bonds. The lowest BCUT2D eigenvalue weighted by Gasteiger charge is -2.38. The van der Waals surface area contributed by atoms with E-state index >= 15 is 8.78 Å². The SMILES string of the molecule is N#Cc1c(N)sc2c(F)ccc(-c3c(Cl)c4c5c(nc(OC[C@@]67CCCN6C[C@H](F)C7)nc5c3F)N(CC(F)F)C(C3CCCNC3)CO4)c12. The zero-order valence-corrected chi connectivity index (χ0v) is 28.3. The Bertz CT molecular complexity index is 2040. The van der Waals surface area contributed by atoms with E-state index in [0.717, 1.165) is 43.2 Å². The maximum atomic E-state index is 17.2. The fraction of sp³-hybridized carbons (Fsp3) is 0.500. The van der Waals surface area contributed by atoms with Crippen LogP contribution in [0.4, 0.5) is 32.8 Å². The van der Waals surface area contributed by atoms with Gasteiger partial charge in [0.25, 0.3) is 6.43 Å². The molecule has 3 N–H and O–H groups in total. The predicted octanol–water partition coefficient (Wildman–Crippen LogP) is 6.68. The number of aromatic nitrogens is 2. The van der Waals surface area contributed by atoms with Crippen molar-refractivity contribution in [1.29, 1.82) is 5.26 Å². The Kier molecular flexibility index (Phi) is 8.56.